The fraction of sp³-hybridized carbons (Fsp3) is 0.588. The van der Waals surface area contributed by atoms with Crippen molar-refractivity contribution in [2.45, 2.75) is 57.5 Å². The van der Waals surface area contributed by atoms with Gasteiger partial charge in [-0.3, -0.25) is 4.79 Å². The highest BCUT2D eigenvalue weighted by Gasteiger charge is 2.14. The van der Waals surface area contributed by atoms with Crippen molar-refractivity contribution in [2.75, 3.05) is 6.61 Å². The Bertz CT molecular complexity index is 452. The second-order valence-corrected chi connectivity index (χ2v) is 5.91. The molecule has 1 amide bonds. The predicted octanol–water partition coefficient (Wildman–Crippen LogP) is 2.92. The van der Waals surface area contributed by atoms with Crippen molar-refractivity contribution in [3.05, 3.63) is 29.8 Å². The van der Waals surface area contributed by atoms with Gasteiger partial charge in [-0.25, -0.2) is 0 Å². The molecule has 116 valence electrons. The van der Waals surface area contributed by atoms with E-state index in [4.69, 9.17) is 10.5 Å². The highest BCUT2D eigenvalue weighted by atomic mass is 16.5. The van der Waals surface area contributed by atoms with Crippen molar-refractivity contribution in [1.29, 1.82) is 0 Å². The normalized spacial score (nSPS) is 17.8. The highest BCUT2D eigenvalue weighted by Crippen LogP contribution is 2.18. The lowest BCUT2D eigenvalue weighted by atomic mass is 10.1. The number of benzene rings is 1. The zero-order chi connectivity index (χ0) is 15.1. The molecule has 1 aliphatic rings. The van der Waals surface area contributed by atoms with Gasteiger partial charge in [0, 0.05) is 12.1 Å². The minimum absolute atomic E-state index is 0.0339. The molecule has 1 atom stereocenters. The van der Waals surface area contributed by atoms with E-state index in [-0.39, 0.29) is 18.6 Å². The van der Waals surface area contributed by atoms with Crippen LogP contribution in [0.2, 0.25) is 0 Å². The van der Waals surface area contributed by atoms with E-state index in [1.165, 1.54) is 25.7 Å². The molecular formula is C17H26N2O2. The van der Waals surface area contributed by atoms with E-state index in [1.807, 2.05) is 31.2 Å². The van der Waals surface area contributed by atoms with E-state index in [1.54, 1.807) is 0 Å². The number of nitrogens with one attached hydrogen (secondary N) is 1. The van der Waals surface area contributed by atoms with Gasteiger partial charge in [0.1, 0.15) is 5.75 Å². The van der Waals surface area contributed by atoms with Gasteiger partial charge in [0.25, 0.3) is 5.91 Å². The summed E-state index contributed by atoms with van der Waals surface area (Å²) in [5, 5.41) is 3.08. The smallest absolute Gasteiger partial charge is 0.258 e. The zero-order valence-electron chi connectivity index (χ0n) is 12.8. The van der Waals surface area contributed by atoms with Gasteiger partial charge in [-0.2, -0.15) is 0 Å². The van der Waals surface area contributed by atoms with E-state index >= 15 is 0 Å². The molecule has 1 fully saturated rings. The Balaban J connectivity index is 1.79. The molecule has 3 N–H and O–H groups in total. The molecule has 4 heteroatoms. The molecule has 0 aromatic heterocycles. The number of carbonyl (C=O) groups excluding carboxylic acids is 1. The first-order valence-electron chi connectivity index (χ1n) is 7.93. The lowest BCUT2D eigenvalue weighted by Crippen LogP contribution is -2.37. The van der Waals surface area contributed by atoms with Crippen LogP contribution in [0.15, 0.2) is 24.3 Å². The second-order valence-electron chi connectivity index (χ2n) is 5.91. The standard InChI is InChI=1S/C17H26N2O2/c1-13(18)14-7-6-10-16(11-14)21-12-17(20)19-15-8-4-2-3-5-9-15/h6-7,10-11,13,15H,2-5,8-9,12,18H2,1H3,(H,19,20)/t13-/m0/s1. The molecule has 0 saturated heterocycles. The average molecular weight is 290 g/mol. The molecule has 0 aliphatic heterocycles. The summed E-state index contributed by atoms with van der Waals surface area (Å²) in [5.74, 6) is 0.661. The molecule has 0 radical (unpaired) electrons. The fourth-order valence-electron chi connectivity index (χ4n) is 2.73. The fourth-order valence-corrected chi connectivity index (χ4v) is 2.73. The van der Waals surface area contributed by atoms with E-state index in [0.29, 0.717) is 11.8 Å². The minimum Gasteiger partial charge on any atom is -0.484 e. The number of hydrogen-bond donors (Lipinski definition) is 2. The molecular weight excluding hydrogens is 264 g/mol. The highest BCUT2D eigenvalue weighted by molar-refractivity contribution is 5.77. The Labute approximate surface area is 127 Å². The maximum Gasteiger partial charge on any atom is 0.258 e. The number of hydrogen-bond acceptors (Lipinski definition) is 3. The van der Waals surface area contributed by atoms with Crippen molar-refractivity contribution >= 4 is 5.91 Å². The monoisotopic (exact) mass is 290 g/mol. The molecule has 21 heavy (non-hydrogen) atoms. The van der Waals surface area contributed by atoms with Gasteiger partial charge in [-0.1, -0.05) is 37.8 Å². The quantitative estimate of drug-likeness (QED) is 0.820. The van der Waals surface area contributed by atoms with E-state index in [2.05, 4.69) is 5.32 Å². The van der Waals surface area contributed by atoms with Crippen molar-refractivity contribution in [1.82, 2.24) is 5.32 Å². The van der Waals surface area contributed by atoms with Gasteiger partial charge in [0.15, 0.2) is 6.61 Å². The predicted molar refractivity (Wildman–Crippen MR) is 84.2 cm³/mol. The van der Waals surface area contributed by atoms with Gasteiger partial charge in [-0.05, 0) is 37.5 Å². The first kappa shape index (κ1) is 15.8. The summed E-state index contributed by atoms with van der Waals surface area (Å²) in [5.41, 5.74) is 6.85. The molecule has 1 saturated carbocycles. The Morgan fingerprint density at radius 2 is 2.05 bits per heavy atom. The Morgan fingerprint density at radius 1 is 1.33 bits per heavy atom. The van der Waals surface area contributed by atoms with Gasteiger partial charge in [0.2, 0.25) is 0 Å². The lowest BCUT2D eigenvalue weighted by Gasteiger charge is -2.16. The number of rotatable bonds is 5. The van der Waals surface area contributed by atoms with Crippen LogP contribution in [0, 0.1) is 0 Å². The summed E-state index contributed by atoms with van der Waals surface area (Å²) in [6.45, 7) is 2.00. The van der Waals surface area contributed by atoms with Crippen LogP contribution >= 0.6 is 0 Å². The SMILES string of the molecule is C[C@H](N)c1cccc(OCC(=O)NC2CCCCCC2)c1. The van der Waals surface area contributed by atoms with Crippen LogP contribution in [-0.2, 0) is 4.79 Å². The summed E-state index contributed by atoms with van der Waals surface area (Å²) in [6, 6.07) is 7.89. The number of ether oxygens (including phenoxy) is 1. The molecule has 0 unspecified atom stereocenters. The van der Waals surface area contributed by atoms with E-state index < -0.39 is 0 Å². The van der Waals surface area contributed by atoms with Gasteiger partial charge >= 0.3 is 0 Å². The maximum atomic E-state index is 12.0. The lowest BCUT2D eigenvalue weighted by molar-refractivity contribution is -0.123. The summed E-state index contributed by atoms with van der Waals surface area (Å²) in [4.78, 5) is 12.0. The molecule has 0 spiro atoms. The molecule has 1 aliphatic carbocycles. The Morgan fingerprint density at radius 3 is 2.71 bits per heavy atom. The van der Waals surface area contributed by atoms with Crippen LogP contribution in [0.25, 0.3) is 0 Å². The van der Waals surface area contributed by atoms with Crippen LogP contribution in [0.1, 0.15) is 57.1 Å². The summed E-state index contributed by atoms with van der Waals surface area (Å²) in [7, 11) is 0. The van der Waals surface area contributed by atoms with Gasteiger partial charge in [-0.15, -0.1) is 0 Å². The Kier molecular flexibility index (Phi) is 6.05. The number of amides is 1. The maximum absolute atomic E-state index is 12.0. The van der Waals surface area contributed by atoms with Crippen molar-refractivity contribution < 1.29 is 9.53 Å². The summed E-state index contributed by atoms with van der Waals surface area (Å²) >= 11 is 0. The first-order valence-corrected chi connectivity index (χ1v) is 7.93. The first-order chi connectivity index (χ1) is 10.1. The van der Waals surface area contributed by atoms with Crippen LogP contribution < -0.4 is 15.8 Å². The largest absolute Gasteiger partial charge is 0.484 e. The summed E-state index contributed by atoms with van der Waals surface area (Å²) in [6.07, 6.45) is 7.17. The third kappa shape index (κ3) is 5.38. The molecule has 0 bridgehead atoms. The number of nitrogens with two attached hydrogens (primary N) is 1. The average Bonchev–Trinajstić information content (AvgIpc) is 2.74. The van der Waals surface area contributed by atoms with Crippen molar-refractivity contribution in [2.24, 2.45) is 5.73 Å². The van der Waals surface area contributed by atoms with E-state index in [0.717, 1.165) is 18.4 Å². The number of carbonyl (C=O) groups is 1. The minimum atomic E-state index is -0.0342. The van der Waals surface area contributed by atoms with Crippen molar-refractivity contribution in [3.63, 3.8) is 0 Å². The van der Waals surface area contributed by atoms with Crippen LogP contribution in [-0.4, -0.2) is 18.6 Å². The topological polar surface area (TPSA) is 64.3 Å². The third-order valence-electron chi connectivity index (χ3n) is 3.97. The summed E-state index contributed by atoms with van der Waals surface area (Å²) < 4.78 is 5.56. The zero-order valence-corrected chi connectivity index (χ0v) is 12.8. The molecule has 4 nitrogen and oxygen atoms in total. The van der Waals surface area contributed by atoms with Crippen LogP contribution in [0.5, 0.6) is 5.75 Å². The van der Waals surface area contributed by atoms with E-state index in [9.17, 15) is 4.79 Å². The third-order valence-corrected chi connectivity index (χ3v) is 3.97. The molecule has 2 rings (SSSR count). The van der Waals surface area contributed by atoms with Crippen LogP contribution in [0.3, 0.4) is 0 Å². The molecule has 1 aromatic rings. The molecule has 1 aromatic carbocycles. The Hall–Kier alpha value is -1.55. The van der Waals surface area contributed by atoms with Gasteiger partial charge < -0.3 is 15.8 Å². The molecule has 0 heterocycles. The van der Waals surface area contributed by atoms with Crippen LogP contribution in [0.4, 0.5) is 0 Å². The second kappa shape index (κ2) is 8.03. The van der Waals surface area contributed by atoms with Gasteiger partial charge in [0.05, 0.1) is 0 Å². The van der Waals surface area contributed by atoms with Crippen molar-refractivity contribution in [3.8, 4) is 5.75 Å².